The first-order chi connectivity index (χ1) is 13.3. The van der Waals surface area contributed by atoms with Gasteiger partial charge in [0.25, 0.3) is 0 Å². The molecular formula is C22H27N5. The van der Waals surface area contributed by atoms with Crippen LogP contribution in [0.3, 0.4) is 0 Å². The molecule has 0 unspecified atom stereocenters. The lowest BCUT2D eigenvalue weighted by Gasteiger charge is -2.33. The highest BCUT2D eigenvalue weighted by Gasteiger charge is 2.19. The number of rotatable bonds is 5. The van der Waals surface area contributed by atoms with Gasteiger partial charge in [-0.05, 0) is 36.1 Å². The summed E-state index contributed by atoms with van der Waals surface area (Å²) in [5, 5.41) is 15.9. The highest BCUT2D eigenvalue weighted by atomic mass is 15.2. The van der Waals surface area contributed by atoms with E-state index in [0.29, 0.717) is 18.2 Å². The Hall–Kier alpha value is -2.84. The van der Waals surface area contributed by atoms with E-state index in [1.807, 2.05) is 24.3 Å². The fraction of sp³-hybridized carbons (Fsp3) is 0.364. The van der Waals surface area contributed by atoms with Crippen LogP contribution in [-0.2, 0) is 13.1 Å². The van der Waals surface area contributed by atoms with Crippen molar-refractivity contribution in [1.29, 1.82) is 5.26 Å². The van der Waals surface area contributed by atoms with Crippen LogP contribution in [0.25, 0.3) is 0 Å². The Morgan fingerprint density at radius 3 is 2.56 bits per heavy atom. The summed E-state index contributed by atoms with van der Waals surface area (Å²) in [4.78, 5) is 6.85. The molecule has 5 heteroatoms. The number of hydrogen-bond acceptors (Lipinski definition) is 3. The van der Waals surface area contributed by atoms with Gasteiger partial charge in [0.05, 0.1) is 11.6 Å². The lowest BCUT2D eigenvalue weighted by atomic mass is 10.0. The first kappa shape index (κ1) is 18.9. The van der Waals surface area contributed by atoms with Crippen molar-refractivity contribution in [2.75, 3.05) is 20.1 Å². The molecule has 1 aliphatic rings. The summed E-state index contributed by atoms with van der Waals surface area (Å²) in [5.41, 5.74) is 3.14. The predicted molar refractivity (Wildman–Crippen MR) is 109 cm³/mol. The molecule has 0 aromatic heterocycles. The zero-order valence-corrected chi connectivity index (χ0v) is 15.9. The Morgan fingerprint density at radius 1 is 1.11 bits per heavy atom. The standard InChI is InChI=1S/C22H27N5/c1-24-22(25-16-20-9-5-8-19(14-20)15-23)26-21-10-12-27(13-11-21)17-18-6-3-2-4-7-18/h2-9,14,21H,10-13,16-17H2,1H3,(H2,24,25,26). The van der Waals surface area contributed by atoms with Gasteiger partial charge in [-0.1, -0.05) is 42.5 Å². The zero-order chi connectivity index (χ0) is 18.9. The second kappa shape index (κ2) is 9.75. The SMILES string of the molecule is CN=C(NCc1cccc(C#N)c1)NC1CCN(Cc2ccccc2)CC1. The van der Waals surface area contributed by atoms with E-state index < -0.39 is 0 Å². The molecule has 0 radical (unpaired) electrons. The van der Waals surface area contributed by atoms with Gasteiger partial charge in [0.1, 0.15) is 0 Å². The fourth-order valence-electron chi connectivity index (χ4n) is 3.40. The highest BCUT2D eigenvalue weighted by Crippen LogP contribution is 2.14. The largest absolute Gasteiger partial charge is 0.354 e. The lowest BCUT2D eigenvalue weighted by Crippen LogP contribution is -2.48. The van der Waals surface area contributed by atoms with E-state index >= 15 is 0 Å². The quantitative estimate of drug-likeness (QED) is 0.635. The molecule has 0 saturated carbocycles. The third kappa shape index (κ3) is 5.83. The van der Waals surface area contributed by atoms with E-state index in [-0.39, 0.29) is 0 Å². The van der Waals surface area contributed by atoms with Crippen molar-refractivity contribution in [2.45, 2.75) is 32.0 Å². The van der Waals surface area contributed by atoms with Gasteiger partial charge < -0.3 is 10.6 Å². The van der Waals surface area contributed by atoms with E-state index in [9.17, 15) is 0 Å². The molecule has 27 heavy (non-hydrogen) atoms. The van der Waals surface area contributed by atoms with Crippen LogP contribution in [0, 0.1) is 11.3 Å². The van der Waals surface area contributed by atoms with Crippen molar-refractivity contribution >= 4 is 5.96 Å². The number of nitrogens with one attached hydrogen (secondary N) is 2. The molecule has 1 fully saturated rings. The minimum Gasteiger partial charge on any atom is -0.354 e. The van der Waals surface area contributed by atoms with Crippen LogP contribution in [0.2, 0.25) is 0 Å². The summed E-state index contributed by atoms with van der Waals surface area (Å²) in [6.07, 6.45) is 2.22. The van der Waals surface area contributed by atoms with Crippen molar-refractivity contribution < 1.29 is 0 Å². The molecule has 140 valence electrons. The van der Waals surface area contributed by atoms with Crippen molar-refractivity contribution in [3.63, 3.8) is 0 Å². The van der Waals surface area contributed by atoms with E-state index in [0.717, 1.165) is 44.0 Å². The normalized spacial score (nSPS) is 15.9. The van der Waals surface area contributed by atoms with Crippen LogP contribution >= 0.6 is 0 Å². The van der Waals surface area contributed by atoms with Crippen molar-refractivity contribution in [2.24, 2.45) is 4.99 Å². The van der Waals surface area contributed by atoms with E-state index in [1.165, 1.54) is 5.56 Å². The maximum Gasteiger partial charge on any atom is 0.191 e. The second-order valence-electron chi connectivity index (χ2n) is 6.92. The van der Waals surface area contributed by atoms with Crippen LogP contribution in [0.15, 0.2) is 59.6 Å². The summed E-state index contributed by atoms with van der Waals surface area (Å²) >= 11 is 0. The number of hydrogen-bond donors (Lipinski definition) is 2. The van der Waals surface area contributed by atoms with Crippen LogP contribution in [0.5, 0.6) is 0 Å². The van der Waals surface area contributed by atoms with Gasteiger partial charge in [0.15, 0.2) is 5.96 Å². The minimum absolute atomic E-state index is 0.439. The monoisotopic (exact) mass is 361 g/mol. The van der Waals surface area contributed by atoms with Crippen molar-refractivity contribution in [3.8, 4) is 6.07 Å². The molecule has 2 aromatic carbocycles. The average Bonchev–Trinajstić information content (AvgIpc) is 2.73. The second-order valence-corrected chi connectivity index (χ2v) is 6.92. The van der Waals surface area contributed by atoms with Gasteiger partial charge in [-0.3, -0.25) is 9.89 Å². The number of nitrogens with zero attached hydrogens (tertiary/aromatic N) is 3. The van der Waals surface area contributed by atoms with Gasteiger partial charge in [0, 0.05) is 39.3 Å². The zero-order valence-electron chi connectivity index (χ0n) is 15.9. The summed E-state index contributed by atoms with van der Waals surface area (Å²) in [7, 11) is 1.80. The molecule has 0 amide bonds. The summed E-state index contributed by atoms with van der Waals surface area (Å²) in [5.74, 6) is 0.818. The first-order valence-electron chi connectivity index (χ1n) is 9.49. The summed E-state index contributed by atoms with van der Waals surface area (Å²) < 4.78 is 0. The maximum absolute atomic E-state index is 9.01. The van der Waals surface area contributed by atoms with E-state index in [4.69, 9.17) is 5.26 Å². The van der Waals surface area contributed by atoms with Gasteiger partial charge in [-0.25, -0.2) is 0 Å². The fourth-order valence-corrected chi connectivity index (χ4v) is 3.40. The Balaban J connectivity index is 1.43. The third-order valence-electron chi connectivity index (χ3n) is 4.92. The Morgan fingerprint density at radius 2 is 1.85 bits per heavy atom. The molecule has 0 bridgehead atoms. The van der Waals surface area contributed by atoms with Gasteiger partial charge >= 0.3 is 0 Å². The maximum atomic E-state index is 9.01. The summed E-state index contributed by atoms with van der Waals surface area (Å²) in [6, 6.07) is 20.9. The van der Waals surface area contributed by atoms with E-state index in [2.05, 4.69) is 56.9 Å². The Labute approximate surface area is 161 Å². The minimum atomic E-state index is 0.439. The van der Waals surface area contributed by atoms with Gasteiger partial charge in [0.2, 0.25) is 0 Å². The number of likely N-dealkylation sites (tertiary alicyclic amines) is 1. The summed E-state index contributed by atoms with van der Waals surface area (Å²) in [6.45, 7) is 3.86. The third-order valence-corrected chi connectivity index (χ3v) is 4.92. The number of aliphatic imine (C=N–C) groups is 1. The number of guanidine groups is 1. The highest BCUT2D eigenvalue weighted by molar-refractivity contribution is 5.79. The number of nitriles is 1. The molecule has 3 rings (SSSR count). The molecular weight excluding hydrogens is 334 g/mol. The smallest absolute Gasteiger partial charge is 0.191 e. The Bertz CT molecular complexity index is 786. The van der Waals surface area contributed by atoms with Crippen LogP contribution < -0.4 is 10.6 Å². The lowest BCUT2D eigenvalue weighted by molar-refractivity contribution is 0.198. The predicted octanol–water partition coefficient (Wildman–Crippen LogP) is 2.89. The van der Waals surface area contributed by atoms with Crippen molar-refractivity contribution in [1.82, 2.24) is 15.5 Å². The molecule has 0 spiro atoms. The molecule has 5 nitrogen and oxygen atoms in total. The number of benzene rings is 2. The Kier molecular flexibility index (Phi) is 6.84. The average molecular weight is 361 g/mol. The van der Waals surface area contributed by atoms with Gasteiger partial charge in [-0.2, -0.15) is 5.26 Å². The van der Waals surface area contributed by atoms with Crippen LogP contribution in [0.1, 0.15) is 29.5 Å². The molecule has 2 N–H and O–H groups in total. The van der Waals surface area contributed by atoms with E-state index in [1.54, 1.807) is 7.05 Å². The molecule has 2 aromatic rings. The molecule has 0 aliphatic carbocycles. The molecule has 1 heterocycles. The van der Waals surface area contributed by atoms with Crippen molar-refractivity contribution in [3.05, 3.63) is 71.3 Å². The molecule has 1 aliphatic heterocycles. The van der Waals surface area contributed by atoms with Gasteiger partial charge in [-0.15, -0.1) is 0 Å². The van der Waals surface area contributed by atoms with Crippen LogP contribution in [-0.4, -0.2) is 37.0 Å². The first-order valence-corrected chi connectivity index (χ1v) is 9.49. The topological polar surface area (TPSA) is 63.5 Å². The molecule has 1 saturated heterocycles. The number of piperidine rings is 1. The van der Waals surface area contributed by atoms with Crippen LogP contribution in [0.4, 0.5) is 0 Å². The molecule has 0 atom stereocenters.